The summed E-state index contributed by atoms with van der Waals surface area (Å²) in [6.45, 7) is 2.33. The first-order valence-electron chi connectivity index (χ1n) is 5.98. The van der Waals surface area contributed by atoms with E-state index in [-0.39, 0.29) is 18.1 Å². The highest BCUT2D eigenvalue weighted by Gasteiger charge is 2.20. The zero-order chi connectivity index (χ0) is 13.5. The molecule has 1 aromatic rings. The standard InChI is InChI=1S/C13H21N3O2/c1-10(11-4-6-15-7-5-11)16(2)13(17)8-12(9-14)18-3/h4-7,10,12H,8-9,14H2,1-3H3. The third-order valence-corrected chi connectivity index (χ3v) is 3.16. The van der Waals surface area contributed by atoms with Crippen LogP contribution < -0.4 is 5.73 Å². The van der Waals surface area contributed by atoms with Gasteiger partial charge in [0.15, 0.2) is 0 Å². The summed E-state index contributed by atoms with van der Waals surface area (Å²) < 4.78 is 5.12. The van der Waals surface area contributed by atoms with Crippen LogP contribution in [-0.4, -0.2) is 42.6 Å². The summed E-state index contributed by atoms with van der Waals surface area (Å²) in [5.74, 6) is 0.0246. The van der Waals surface area contributed by atoms with Crippen molar-refractivity contribution in [3.63, 3.8) is 0 Å². The van der Waals surface area contributed by atoms with Crippen LogP contribution in [0.3, 0.4) is 0 Å². The van der Waals surface area contributed by atoms with E-state index in [2.05, 4.69) is 4.98 Å². The molecule has 18 heavy (non-hydrogen) atoms. The molecule has 0 aliphatic heterocycles. The Morgan fingerprint density at radius 2 is 2.11 bits per heavy atom. The quantitative estimate of drug-likeness (QED) is 0.818. The van der Waals surface area contributed by atoms with Gasteiger partial charge < -0.3 is 15.4 Å². The van der Waals surface area contributed by atoms with Crippen LogP contribution in [0.5, 0.6) is 0 Å². The van der Waals surface area contributed by atoms with Gasteiger partial charge in [0, 0.05) is 33.1 Å². The number of aromatic nitrogens is 1. The second kappa shape index (κ2) is 7.08. The predicted octanol–water partition coefficient (Wildman–Crippen LogP) is 0.965. The average Bonchev–Trinajstić information content (AvgIpc) is 2.43. The fourth-order valence-corrected chi connectivity index (χ4v) is 1.68. The molecule has 1 aromatic heterocycles. The highest BCUT2D eigenvalue weighted by Crippen LogP contribution is 2.18. The van der Waals surface area contributed by atoms with Crippen molar-refractivity contribution in [3.8, 4) is 0 Å². The summed E-state index contributed by atoms with van der Waals surface area (Å²) in [5, 5.41) is 0. The van der Waals surface area contributed by atoms with Gasteiger partial charge in [0.2, 0.25) is 5.91 Å². The van der Waals surface area contributed by atoms with Crippen LogP contribution in [0.15, 0.2) is 24.5 Å². The summed E-state index contributed by atoms with van der Waals surface area (Å²) in [7, 11) is 3.35. The van der Waals surface area contributed by atoms with Gasteiger partial charge in [-0.05, 0) is 24.6 Å². The van der Waals surface area contributed by atoms with Gasteiger partial charge in [0.05, 0.1) is 18.6 Å². The molecule has 0 aliphatic rings. The number of hydrogen-bond donors (Lipinski definition) is 1. The molecule has 0 aliphatic carbocycles. The summed E-state index contributed by atoms with van der Waals surface area (Å²) in [4.78, 5) is 17.7. The first-order chi connectivity index (χ1) is 8.60. The van der Waals surface area contributed by atoms with Crippen molar-refractivity contribution in [1.29, 1.82) is 0 Å². The first kappa shape index (κ1) is 14.6. The van der Waals surface area contributed by atoms with Crippen molar-refractivity contribution in [2.75, 3.05) is 20.7 Å². The van der Waals surface area contributed by atoms with Gasteiger partial charge in [-0.2, -0.15) is 0 Å². The van der Waals surface area contributed by atoms with E-state index >= 15 is 0 Å². The van der Waals surface area contributed by atoms with Crippen LogP contribution in [-0.2, 0) is 9.53 Å². The third-order valence-electron chi connectivity index (χ3n) is 3.16. The number of hydrogen-bond acceptors (Lipinski definition) is 4. The van der Waals surface area contributed by atoms with E-state index < -0.39 is 0 Å². The van der Waals surface area contributed by atoms with Gasteiger partial charge in [-0.15, -0.1) is 0 Å². The van der Waals surface area contributed by atoms with Crippen molar-refractivity contribution in [3.05, 3.63) is 30.1 Å². The number of pyridine rings is 1. The van der Waals surface area contributed by atoms with Gasteiger partial charge in [0.25, 0.3) is 0 Å². The maximum atomic E-state index is 12.1. The largest absolute Gasteiger partial charge is 0.380 e. The van der Waals surface area contributed by atoms with E-state index in [0.717, 1.165) is 5.56 Å². The van der Waals surface area contributed by atoms with Crippen LogP contribution in [0.2, 0.25) is 0 Å². The number of ether oxygens (including phenoxy) is 1. The van der Waals surface area contributed by atoms with E-state index in [9.17, 15) is 4.79 Å². The molecule has 5 nitrogen and oxygen atoms in total. The highest BCUT2D eigenvalue weighted by molar-refractivity contribution is 5.76. The van der Waals surface area contributed by atoms with Gasteiger partial charge in [-0.3, -0.25) is 9.78 Å². The lowest BCUT2D eigenvalue weighted by Crippen LogP contribution is -2.35. The Bertz CT molecular complexity index is 366. The average molecular weight is 251 g/mol. The number of rotatable bonds is 6. The van der Waals surface area contributed by atoms with Crippen molar-refractivity contribution in [1.82, 2.24) is 9.88 Å². The van der Waals surface area contributed by atoms with E-state index in [1.54, 1.807) is 31.5 Å². The number of amides is 1. The van der Waals surface area contributed by atoms with Crippen LogP contribution in [0.1, 0.15) is 24.9 Å². The lowest BCUT2D eigenvalue weighted by atomic mass is 10.1. The van der Waals surface area contributed by atoms with Gasteiger partial charge >= 0.3 is 0 Å². The van der Waals surface area contributed by atoms with Gasteiger partial charge in [-0.25, -0.2) is 0 Å². The summed E-state index contributed by atoms with van der Waals surface area (Å²) in [6, 6.07) is 3.83. The SMILES string of the molecule is COC(CN)CC(=O)N(C)C(C)c1ccncc1. The Morgan fingerprint density at radius 1 is 1.50 bits per heavy atom. The minimum Gasteiger partial charge on any atom is -0.380 e. The molecule has 1 heterocycles. The topological polar surface area (TPSA) is 68.5 Å². The van der Waals surface area contributed by atoms with E-state index in [1.165, 1.54) is 0 Å². The second-order valence-electron chi connectivity index (χ2n) is 4.26. The molecule has 0 fully saturated rings. The fourth-order valence-electron chi connectivity index (χ4n) is 1.68. The Balaban J connectivity index is 2.63. The number of nitrogens with two attached hydrogens (primary N) is 1. The van der Waals surface area contributed by atoms with Crippen molar-refractivity contribution < 1.29 is 9.53 Å². The molecular weight excluding hydrogens is 230 g/mol. The van der Waals surface area contributed by atoms with E-state index in [4.69, 9.17) is 10.5 Å². The number of nitrogens with zero attached hydrogens (tertiary/aromatic N) is 2. The zero-order valence-electron chi connectivity index (χ0n) is 11.2. The molecule has 2 unspecified atom stereocenters. The third kappa shape index (κ3) is 3.78. The normalized spacial score (nSPS) is 14.0. The Hall–Kier alpha value is -1.46. The summed E-state index contributed by atoms with van der Waals surface area (Å²) in [6.07, 6.45) is 3.53. The number of methoxy groups -OCH3 is 1. The van der Waals surface area contributed by atoms with Crippen molar-refractivity contribution >= 4 is 5.91 Å². The maximum Gasteiger partial charge on any atom is 0.225 e. The zero-order valence-corrected chi connectivity index (χ0v) is 11.2. The van der Waals surface area contributed by atoms with E-state index in [0.29, 0.717) is 13.0 Å². The van der Waals surface area contributed by atoms with Crippen LogP contribution >= 0.6 is 0 Å². The molecule has 0 saturated carbocycles. The lowest BCUT2D eigenvalue weighted by molar-refractivity contribution is -0.134. The molecule has 1 rings (SSSR count). The predicted molar refractivity (Wildman–Crippen MR) is 69.9 cm³/mol. The molecule has 0 saturated heterocycles. The monoisotopic (exact) mass is 251 g/mol. The minimum absolute atomic E-state index is 0.00998. The molecule has 1 amide bonds. The lowest BCUT2D eigenvalue weighted by Gasteiger charge is -2.26. The smallest absolute Gasteiger partial charge is 0.225 e. The Morgan fingerprint density at radius 3 is 2.61 bits per heavy atom. The minimum atomic E-state index is -0.218. The van der Waals surface area contributed by atoms with Gasteiger partial charge in [0.1, 0.15) is 0 Å². The van der Waals surface area contributed by atoms with Gasteiger partial charge in [-0.1, -0.05) is 0 Å². The first-order valence-corrected chi connectivity index (χ1v) is 5.98. The van der Waals surface area contributed by atoms with Crippen molar-refractivity contribution in [2.45, 2.75) is 25.5 Å². The fraction of sp³-hybridized carbons (Fsp3) is 0.538. The number of carbonyl (C=O) groups is 1. The number of carbonyl (C=O) groups excluding carboxylic acids is 1. The molecule has 5 heteroatoms. The molecule has 0 aromatic carbocycles. The van der Waals surface area contributed by atoms with Crippen LogP contribution in [0.25, 0.3) is 0 Å². The van der Waals surface area contributed by atoms with E-state index in [1.807, 2.05) is 19.1 Å². The summed E-state index contributed by atoms with van der Waals surface area (Å²) >= 11 is 0. The highest BCUT2D eigenvalue weighted by atomic mass is 16.5. The van der Waals surface area contributed by atoms with Crippen LogP contribution in [0, 0.1) is 0 Å². The summed E-state index contributed by atoms with van der Waals surface area (Å²) in [5.41, 5.74) is 6.57. The van der Waals surface area contributed by atoms with Crippen molar-refractivity contribution in [2.24, 2.45) is 5.73 Å². The molecule has 2 atom stereocenters. The Labute approximate surface area is 108 Å². The van der Waals surface area contributed by atoms with Crippen LogP contribution in [0.4, 0.5) is 0 Å². The maximum absolute atomic E-state index is 12.1. The molecule has 0 bridgehead atoms. The molecule has 0 spiro atoms. The molecule has 2 N–H and O–H groups in total. The molecular formula is C13H21N3O2. The Kier molecular flexibility index (Phi) is 5.74. The second-order valence-corrected chi connectivity index (χ2v) is 4.26. The molecule has 100 valence electrons. The molecule has 0 radical (unpaired) electrons.